The van der Waals surface area contributed by atoms with Gasteiger partial charge in [-0.25, -0.2) is 27.1 Å². The number of nitrogens with one attached hydrogen (secondary N) is 1. The van der Waals surface area contributed by atoms with E-state index in [1.165, 1.54) is 6.20 Å². The molecule has 0 saturated heterocycles. The minimum absolute atomic E-state index is 0.227. The fraction of sp³-hybridized carbons (Fsp3) is 0.333. The fourth-order valence-corrected chi connectivity index (χ4v) is 2.47. The first kappa shape index (κ1) is 17.8. The summed E-state index contributed by atoms with van der Waals surface area (Å²) in [7, 11) is 0. The van der Waals surface area contributed by atoms with E-state index in [-0.39, 0.29) is 11.3 Å². The van der Waals surface area contributed by atoms with E-state index < -0.39 is 30.1 Å². The molecule has 0 radical (unpaired) electrons. The van der Waals surface area contributed by atoms with Crippen molar-refractivity contribution in [1.82, 2.24) is 24.4 Å². The van der Waals surface area contributed by atoms with E-state index in [0.717, 1.165) is 6.07 Å². The molecule has 0 spiro atoms. The molecule has 1 N–H and O–H groups in total. The van der Waals surface area contributed by atoms with Crippen molar-refractivity contribution in [3.05, 3.63) is 41.1 Å². The molecule has 0 fully saturated rings. The Balaban J connectivity index is 1.98. The first-order chi connectivity index (χ1) is 12.3. The van der Waals surface area contributed by atoms with Gasteiger partial charge in [0, 0.05) is 12.6 Å². The lowest BCUT2D eigenvalue weighted by atomic mass is 10.3. The van der Waals surface area contributed by atoms with Crippen molar-refractivity contribution in [2.24, 2.45) is 0 Å². The van der Waals surface area contributed by atoms with Crippen LogP contribution < -0.4 is 5.32 Å². The van der Waals surface area contributed by atoms with Gasteiger partial charge in [-0.05, 0) is 19.9 Å². The zero-order valence-electron chi connectivity index (χ0n) is 13.8. The predicted octanol–water partition coefficient (Wildman–Crippen LogP) is 3.38. The van der Waals surface area contributed by atoms with Crippen molar-refractivity contribution < 1.29 is 22.4 Å². The van der Waals surface area contributed by atoms with E-state index in [4.69, 9.17) is 0 Å². The van der Waals surface area contributed by atoms with Crippen LogP contribution in [0.25, 0.3) is 5.65 Å². The Hall–Kier alpha value is -2.98. The number of carbonyl (C=O) groups excluding carboxylic acids is 1. The summed E-state index contributed by atoms with van der Waals surface area (Å²) in [5.41, 5.74) is -0.919. The summed E-state index contributed by atoms with van der Waals surface area (Å²) < 4.78 is 54.3. The highest BCUT2D eigenvalue weighted by molar-refractivity contribution is 6.03. The lowest BCUT2D eigenvalue weighted by Crippen LogP contribution is -2.14. The highest BCUT2D eigenvalue weighted by Crippen LogP contribution is 2.25. The first-order valence-electron chi connectivity index (χ1n) is 7.62. The van der Waals surface area contributed by atoms with Crippen molar-refractivity contribution in [3.63, 3.8) is 0 Å². The average Bonchev–Trinajstić information content (AvgIpc) is 3.17. The molecule has 7 nitrogen and oxygen atoms in total. The van der Waals surface area contributed by atoms with Crippen molar-refractivity contribution in [2.45, 2.75) is 33.2 Å². The maximum atomic E-state index is 13.1. The molecule has 26 heavy (non-hydrogen) atoms. The van der Waals surface area contributed by atoms with Gasteiger partial charge in [0.15, 0.2) is 11.3 Å². The zero-order valence-corrected chi connectivity index (χ0v) is 13.8. The van der Waals surface area contributed by atoms with Crippen LogP contribution in [0.15, 0.2) is 18.3 Å². The van der Waals surface area contributed by atoms with Crippen LogP contribution in [0, 0.1) is 6.92 Å². The predicted molar refractivity (Wildman–Crippen MR) is 83.5 cm³/mol. The third kappa shape index (κ3) is 3.11. The fourth-order valence-electron chi connectivity index (χ4n) is 2.47. The number of fused-ring (bicyclic) bond motifs is 1. The van der Waals surface area contributed by atoms with E-state index in [9.17, 15) is 22.4 Å². The highest BCUT2D eigenvalue weighted by atomic mass is 19.3. The molecule has 0 atom stereocenters. The Morgan fingerprint density at radius 1 is 1.23 bits per heavy atom. The molecule has 138 valence electrons. The van der Waals surface area contributed by atoms with E-state index in [2.05, 4.69) is 20.5 Å². The van der Waals surface area contributed by atoms with Crippen LogP contribution in [0.2, 0.25) is 0 Å². The molecule has 0 aliphatic carbocycles. The average molecular weight is 370 g/mol. The molecule has 3 aromatic heterocycles. The number of alkyl halides is 4. The van der Waals surface area contributed by atoms with Gasteiger partial charge in [0.2, 0.25) is 0 Å². The minimum atomic E-state index is -3.06. The summed E-state index contributed by atoms with van der Waals surface area (Å²) in [6, 6.07) is 1.65. The number of aromatic nitrogens is 5. The first-order valence-corrected chi connectivity index (χ1v) is 7.62. The molecular weight excluding hydrogens is 356 g/mol. The summed E-state index contributed by atoms with van der Waals surface area (Å²) in [5.74, 6) is -0.687. The third-order valence-corrected chi connectivity index (χ3v) is 3.81. The summed E-state index contributed by atoms with van der Waals surface area (Å²) in [6.07, 6.45) is -4.63. The molecule has 3 heterocycles. The molecule has 0 bridgehead atoms. The van der Waals surface area contributed by atoms with Crippen LogP contribution in [0.5, 0.6) is 0 Å². The van der Waals surface area contributed by atoms with E-state index in [0.29, 0.717) is 28.5 Å². The van der Waals surface area contributed by atoms with E-state index >= 15 is 0 Å². The number of amides is 1. The van der Waals surface area contributed by atoms with Gasteiger partial charge in [0.25, 0.3) is 18.8 Å². The molecule has 0 saturated carbocycles. The topological polar surface area (TPSA) is 77.1 Å². The van der Waals surface area contributed by atoms with Crippen LogP contribution in [0.4, 0.5) is 23.2 Å². The monoisotopic (exact) mass is 370 g/mol. The normalized spacial score (nSPS) is 11.7. The van der Waals surface area contributed by atoms with Crippen LogP contribution in [0.3, 0.4) is 0 Å². The number of halogens is 4. The number of nitrogens with zero attached hydrogens (tertiary/aromatic N) is 5. The lowest BCUT2D eigenvalue weighted by Gasteiger charge is -2.06. The minimum Gasteiger partial charge on any atom is -0.318 e. The third-order valence-electron chi connectivity index (χ3n) is 3.81. The number of carbonyl (C=O) groups is 1. The van der Waals surface area contributed by atoms with Crippen molar-refractivity contribution in [1.29, 1.82) is 0 Å². The maximum Gasteiger partial charge on any atom is 0.280 e. The Labute approximate surface area is 144 Å². The van der Waals surface area contributed by atoms with Gasteiger partial charge in [0.1, 0.15) is 11.4 Å². The van der Waals surface area contributed by atoms with Gasteiger partial charge in [-0.3, -0.25) is 9.48 Å². The quantitative estimate of drug-likeness (QED) is 0.699. The van der Waals surface area contributed by atoms with Gasteiger partial charge in [-0.2, -0.15) is 10.2 Å². The molecule has 11 heteroatoms. The Morgan fingerprint density at radius 3 is 2.54 bits per heavy atom. The van der Waals surface area contributed by atoms with Gasteiger partial charge in [-0.1, -0.05) is 0 Å². The Kier molecular flexibility index (Phi) is 4.62. The summed E-state index contributed by atoms with van der Waals surface area (Å²) in [6.45, 7) is 4.24. The molecule has 0 aromatic carbocycles. The summed E-state index contributed by atoms with van der Waals surface area (Å²) in [5, 5.41) is 10.4. The van der Waals surface area contributed by atoms with Gasteiger partial charge >= 0.3 is 0 Å². The van der Waals surface area contributed by atoms with Gasteiger partial charge in [0.05, 0.1) is 17.6 Å². The van der Waals surface area contributed by atoms with Crippen molar-refractivity contribution in [2.75, 3.05) is 5.32 Å². The Morgan fingerprint density at radius 2 is 1.96 bits per heavy atom. The summed E-state index contributed by atoms with van der Waals surface area (Å²) >= 11 is 0. The molecule has 3 aromatic rings. The second-order valence-corrected chi connectivity index (χ2v) is 5.42. The Bertz CT molecular complexity index is 965. The van der Waals surface area contributed by atoms with Gasteiger partial charge in [-0.15, -0.1) is 0 Å². The smallest absolute Gasteiger partial charge is 0.280 e. The molecule has 0 aliphatic rings. The van der Waals surface area contributed by atoms with E-state index in [1.54, 1.807) is 11.6 Å². The second-order valence-electron chi connectivity index (χ2n) is 5.42. The molecule has 0 unspecified atom stereocenters. The van der Waals surface area contributed by atoms with Crippen molar-refractivity contribution in [3.8, 4) is 0 Å². The highest BCUT2D eigenvalue weighted by Gasteiger charge is 2.22. The molecule has 0 aliphatic heterocycles. The van der Waals surface area contributed by atoms with Crippen LogP contribution in [-0.2, 0) is 6.54 Å². The molecule has 1 amide bonds. The van der Waals surface area contributed by atoms with Crippen LogP contribution >= 0.6 is 0 Å². The van der Waals surface area contributed by atoms with Crippen LogP contribution in [0.1, 0.15) is 47.3 Å². The largest absolute Gasteiger partial charge is 0.318 e. The molecule has 3 rings (SSSR count). The number of hydrogen-bond acceptors (Lipinski definition) is 4. The van der Waals surface area contributed by atoms with Gasteiger partial charge < -0.3 is 5.32 Å². The second kappa shape index (κ2) is 6.73. The number of aryl methyl sites for hydroxylation is 1. The number of hydrogen-bond donors (Lipinski definition) is 1. The number of rotatable bonds is 5. The number of anilines is 1. The molecular formula is C15H14F4N6O. The van der Waals surface area contributed by atoms with Crippen molar-refractivity contribution >= 4 is 17.2 Å². The SMILES string of the molecule is CCn1ncc(NC(=O)c2cc3nc(C(F)F)cc(C(F)F)n3n2)c1C. The zero-order chi connectivity index (χ0) is 19.0. The van der Waals surface area contributed by atoms with E-state index in [1.807, 2.05) is 6.92 Å². The maximum absolute atomic E-state index is 13.1. The standard InChI is InChI=1S/C15H14F4N6O/c1-3-24-7(2)10(6-20-24)22-15(26)9-5-12-21-8(13(16)17)4-11(14(18)19)25(12)23-9/h4-6,13-14H,3H2,1-2H3,(H,22,26). The lowest BCUT2D eigenvalue weighted by molar-refractivity contribution is 0.102. The van der Waals surface area contributed by atoms with Crippen LogP contribution in [-0.4, -0.2) is 30.3 Å². The summed E-state index contributed by atoms with van der Waals surface area (Å²) in [4.78, 5) is 15.9.